The maximum absolute atomic E-state index is 11.8. The van der Waals surface area contributed by atoms with Gasteiger partial charge < -0.3 is 9.32 Å². The molecular formula is C23H23N3O3S. The molecule has 7 heteroatoms. The number of nitrogens with zero attached hydrogens (tertiary/aromatic N) is 2. The number of imide groups is 1. The van der Waals surface area contributed by atoms with Crippen molar-refractivity contribution in [2.75, 3.05) is 18.0 Å². The maximum Gasteiger partial charge on any atom is 0.286 e. The highest BCUT2D eigenvalue weighted by Gasteiger charge is 2.31. The second-order valence-electron chi connectivity index (χ2n) is 7.89. The molecular weight excluding hydrogens is 398 g/mol. The molecule has 2 aromatic carbocycles. The van der Waals surface area contributed by atoms with Gasteiger partial charge in [-0.1, -0.05) is 30.0 Å². The minimum Gasteiger partial charge on any atom is -0.440 e. The largest absolute Gasteiger partial charge is 0.440 e. The minimum atomic E-state index is -0.376. The molecule has 30 heavy (non-hydrogen) atoms. The zero-order chi connectivity index (χ0) is 20.5. The van der Waals surface area contributed by atoms with Gasteiger partial charge in [0.1, 0.15) is 5.52 Å². The van der Waals surface area contributed by atoms with Gasteiger partial charge in [0.05, 0.1) is 5.25 Å². The molecule has 6 nitrogen and oxygen atoms in total. The van der Waals surface area contributed by atoms with Gasteiger partial charge in [-0.15, -0.1) is 0 Å². The molecule has 2 saturated heterocycles. The van der Waals surface area contributed by atoms with Crippen molar-refractivity contribution in [3.8, 4) is 0 Å². The van der Waals surface area contributed by atoms with Gasteiger partial charge in [0.15, 0.2) is 11.5 Å². The van der Waals surface area contributed by atoms with E-state index < -0.39 is 0 Å². The fourth-order valence-corrected chi connectivity index (χ4v) is 5.01. The van der Waals surface area contributed by atoms with Crippen LogP contribution in [0.4, 0.5) is 10.5 Å². The predicted octanol–water partition coefficient (Wildman–Crippen LogP) is 4.30. The Morgan fingerprint density at radius 1 is 1.07 bits per heavy atom. The lowest BCUT2D eigenvalue weighted by molar-refractivity contribution is -0.118. The molecule has 5 rings (SSSR count). The monoisotopic (exact) mass is 421 g/mol. The van der Waals surface area contributed by atoms with Crippen LogP contribution in [0.3, 0.4) is 0 Å². The third-order valence-corrected chi connectivity index (χ3v) is 6.65. The van der Waals surface area contributed by atoms with E-state index in [1.807, 2.05) is 18.2 Å². The summed E-state index contributed by atoms with van der Waals surface area (Å²) in [6.45, 7) is 2.25. The number of amides is 2. The Labute approximate surface area is 179 Å². The van der Waals surface area contributed by atoms with Crippen molar-refractivity contribution < 1.29 is 14.0 Å². The lowest BCUT2D eigenvalue weighted by Gasteiger charge is -2.29. The van der Waals surface area contributed by atoms with Crippen molar-refractivity contribution >= 4 is 39.7 Å². The van der Waals surface area contributed by atoms with Gasteiger partial charge in [0, 0.05) is 25.2 Å². The zero-order valence-electron chi connectivity index (χ0n) is 16.6. The van der Waals surface area contributed by atoms with E-state index in [0.29, 0.717) is 18.7 Å². The van der Waals surface area contributed by atoms with E-state index in [0.717, 1.165) is 41.5 Å². The number of rotatable bonds is 5. The second-order valence-corrected chi connectivity index (χ2v) is 9.07. The fraction of sp³-hybridized carbons (Fsp3) is 0.348. The second kappa shape index (κ2) is 8.14. The summed E-state index contributed by atoms with van der Waals surface area (Å²) < 4.78 is 5.96. The van der Waals surface area contributed by atoms with Gasteiger partial charge in [-0.25, -0.2) is 4.98 Å². The van der Waals surface area contributed by atoms with Crippen LogP contribution in [0.25, 0.3) is 11.1 Å². The minimum absolute atomic E-state index is 0.223. The number of carbonyl (C=O) groups excluding carboxylic acids is 2. The van der Waals surface area contributed by atoms with Crippen molar-refractivity contribution in [3.05, 3.63) is 59.5 Å². The van der Waals surface area contributed by atoms with E-state index in [2.05, 4.69) is 39.5 Å². The fourth-order valence-electron chi connectivity index (χ4n) is 4.15. The Hall–Kier alpha value is -2.80. The lowest BCUT2D eigenvalue weighted by atomic mass is 10.1. The van der Waals surface area contributed by atoms with Crippen LogP contribution in [0, 0.1) is 0 Å². The molecule has 1 N–H and O–H groups in total. The summed E-state index contributed by atoms with van der Waals surface area (Å²) in [5, 5.41) is 1.68. The molecule has 0 spiro atoms. The maximum atomic E-state index is 11.8. The van der Waals surface area contributed by atoms with E-state index >= 15 is 0 Å². The normalized spacial score (nSPS) is 19.5. The van der Waals surface area contributed by atoms with Gasteiger partial charge in [-0.3, -0.25) is 14.9 Å². The number of hydrogen-bond acceptors (Lipinski definition) is 6. The first-order valence-electron chi connectivity index (χ1n) is 10.4. The number of benzene rings is 2. The van der Waals surface area contributed by atoms with Crippen molar-refractivity contribution in [1.29, 1.82) is 0 Å². The topological polar surface area (TPSA) is 75.4 Å². The molecule has 2 amide bonds. The van der Waals surface area contributed by atoms with Crippen LogP contribution in [0.2, 0.25) is 0 Å². The summed E-state index contributed by atoms with van der Waals surface area (Å²) in [6, 6.07) is 14.4. The molecule has 154 valence electrons. The van der Waals surface area contributed by atoms with Crippen molar-refractivity contribution in [2.24, 2.45) is 0 Å². The predicted molar refractivity (Wildman–Crippen MR) is 118 cm³/mol. The Kier molecular flexibility index (Phi) is 5.21. The average molecular weight is 422 g/mol. The Balaban J connectivity index is 1.32. The quantitative estimate of drug-likeness (QED) is 0.662. The Morgan fingerprint density at radius 3 is 2.73 bits per heavy atom. The van der Waals surface area contributed by atoms with Crippen LogP contribution in [-0.2, 0) is 17.6 Å². The van der Waals surface area contributed by atoms with Gasteiger partial charge in [-0.05, 0) is 61.1 Å². The molecule has 3 aromatic rings. The van der Waals surface area contributed by atoms with Crippen LogP contribution in [-0.4, -0.2) is 34.5 Å². The zero-order valence-corrected chi connectivity index (χ0v) is 17.4. The van der Waals surface area contributed by atoms with Crippen molar-refractivity contribution in [1.82, 2.24) is 10.3 Å². The Bertz CT molecular complexity index is 1100. The third kappa shape index (κ3) is 4.07. The third-order valence-electron chi connectivity index (χ3n) is 5.67. The molecule has 1 unspecified atom stereocenters. The van der Waals surface area contributed by atoms with E-state index in [1.54, 1.807) is 0 Å². The number of fused-ring (bicyclic) bond motifs is 1. The summed E-state index contributed by atoms with van der Waals surface area (Å²) >= 11 is 1.05. The number of nitrogens with one attached hydrogen (secondary N) is 1. The van der Waals surface area contributed by atoms with Crippen LogP contribution in [0.15, 0.2) is 46.9 Å². The van der Waals surface area contributed by atoms with Crippen molar-refractivity contribution in [3.63, 3.8) is 0 Å². The van der Waals surface area contributed by atoms with E-state index in [9.17, 15) is 9.59 Å². The first-order valence-corrected chi connectivity index (χ1v) is 11.3. The number of hydrogen-bond donors (Lipinski definition) is 1. The smallest absolute Gasteiger partial charge is 0.286 e. The molecule has 1 aromatic heterocycles. The molecule has 2 aliphatic rings. The summed E-state index contributed by atoms with van der Waals surface area (Å²) in [7, 11) is 0. The van der Waals surface area contributed by atoms with Gasteiger partial charge in [-0.2, -0.15) is 0 Å². The number of carbonyl (C=O) groups is 2. The van der Waals surface area contributed by atoms with Gasteiger partial charge in [0.25, 0.3) is 5.24 Å². The van der Waals surface area contributed by atoms with E-state index in [4.69, 9.17) is 4.42 Å². The number of oxazole rings is 1. The molecule has 2 fully saturated rings. The molecule has 3 heterocycles. The first-order chi connectivity index (χ1) is 14.6. The highest BCUT2D eigenvalue weighted by Crippen LogP contribution is 2.26. The standard InChI is InChI=1S/C23H23N3O3S/c27-22-20(30-23(28)25-22)13-16-7-8-19-18(12-16)24-21(29-19)14-15-5-4-6-17(11-15)26-9-2-1-3-10-26/h4-8,11-12,20H,1-3,9-10,13-14H2,(H,25,27,28). The Morgan fingerprint density at radius 2 is 1.93 bits per heavy atom. The molecule has 1 atom stereocenters. The van der Waals surface area contributed by atoms with Gasteiger partial charge >= 0.3 is 0 Å². The molecule has 0 saturated carbocycles. The highest BCUT2D eigenvalue weighted by atomic mass is 32.2. The van der Waals surface area contributed by atoms with E-state index in [-0.39, 0.29) is 16.4 Å². The number of anilines is 1. The summed E-state index contributed by atoms with van der Waals surface area (Å²) in [6.07, 6.45) is 4.97. The van der Waals surface area contributed by atoms with Crippen LogP contribution in [0.5, 0.6) is 0 Å². The number of aromatic nitrogens is 1. The number of thioether (sulfide) groups is 1. The van der Waals surface area contributed by atoms with E-state index in [1.165, 1.54) is 30.5 Å². The van der Waals surface area contributed by atoms with Gasteiger partial charge in [0.2, 0.25) is 5.91 Å². The average Bonchev–Trinajstić information content (AvgIpc) is 3.29. The summed E-state index contributed by atoms with van der Waals surface area (Å²) in [4.78, 5) is 30.3. The molecule has 2 aliphatic heterocycles. The lowest BCUT2D eigenvalue weighted by Crippen LogP contribution is -2.29. The number of piperidine rings is 1. The highest BCUT2D eigenvalue weighted by molar-refractivity contribution is 8.15. The van der Waals surface area contributed by atoms with Crippen LogP contribution in [0.1, 0.15) is 36.3 Å². The molecule has 0 radical (unpaired) electrons. The first kappa shape index (κ1) is 19.2. The SMILES string of the molecule is O=C1NC(=O)C(Cc2ccc3oc(Cc4cccc(N5CCCCC5)c4)nc3c2)S1. The molecule has 0 aliphatic carbocycles. The van der Waals surface area contributed by atoms with Crippen LogP contribution >= 0.6 is 11.8 Å². The van der Waals surface area contributed by atoms with Crippen molar-refractivity contribution in [2.45, 2.75) is 37.4 Å². The van der Waals surface area contributed by atoms with Crippen LogP contribution < -0.4 is 10.2 Å². The summed E-state index contributed by atoms with van der Waals surface area (Å²) in [5.74, 6) is 0.459. The summed E-state index contributed by atoms with van der Waals surface area (Å²) in [5.41, 5.74) is 4.94. The molecule has 0 bridgehead atoms.